The fourth-order valence-corrected chi connectivity index (χ4v) is 2.68. The highest BCUT2D eigenvalue weighted by atomic mass is 16.5. The third kappa shape index (κ3) is 3.89. The normalized spacial score (nSPS) is 15.6. The molecule has 0 fully saturated rings. The molecule has 2 atom stereocenters. The van der Waals surface area contributed by atoms with Crippen molar-refractivity contribution in [3.8, 4) is 11.5 Å². The fraction of sp³-hybridized carbons (Fsp3) is 0.647. The van der Waals surface area contributed by atoms with E-state index in [1.54, 1.807) is 14.2 Å². The van der Waals surface area contributed by atoms with Crippen molar-refractivity contribution in [1.82, 2.24) is 4.90 Å². The molecular weight excluding hydrogens is 264 g/mol. The maximum atomic E-state index is 6.87. The van der Waals surface area contributed by atoms with E-state index in [1.165, 1.54) is 0 Å². The number of rotatable bonds is 8. The molecule has 4 nitrogen and oxygen atoms in total. The van der Waals surface area contributed by atoms with Crippen molar-refractivity contribution in [2.45, 2.75) is 44.7 Å². The van der Waals surface area contributed by atoms with E-state index in [4.69, 9.17) is 15.2 Å². The van der Waals surface area contributed by atoms with Crippen LogP contribution < -0.4 is 15.2 Å². The van der Waals surface area contributed by atoms with Crippen LogP contribution in [0, 0.1) is 0 Å². The Morgan fingerprint density at radius 2 is 1.90 bits per heavy atom. The first-order chi connectivity index (χ1) is 9.90. The number of hydrogen-bond donors (Lipinski definition) is 1. The molecule has 1 aromatic carbocycles. The molecule has 0 heterocycles. The minimum absolute atomic E-state index is 0.185. The van der Waals surface area contributed by atoms with Gasteiger partial charge in [-0.1, -0.05) is 19.8 Å². The van der Waals surface area contributed by atoms with E-state index in [0.717, 1.165) is 36.3 Å². The molecular formula is C17H30N2O2. The maximum absolute atomic E-state index is 6.87. The third-order valence-corrected chi connectivity index (χ3v) is 4.37. The van der Waals surface area contributed by atoms with Crippen LogP contribution in [0.5, 0.6) is 11.5 Å². The largest absolute Gasteiger partial charge is 0.497 e. The quantitative estimate of drug-likeness (QED) is 0.800. The molecule has 0 aliphatic rings. The number of ether oxygens (including phenoxy) is 2. The zero-order chi connectivity index (χ0) is 16.0. The second kappa shape index (κ2) is 7.66. The minimum atomic E-state index is -0.473. The summed E-state index contributed by atoms with van der Waals surface area (Å²) in [5.74, 6) is 1.63. The predicted octanol–water partition coefficient (Wildman–Crippen LogP) is 3.00. The second-order valence-electron chi connectivity index (χ2n) is 5.85. The molecule has 0 aliphatic heterocycles. The first kappa shape index (κ1) is 17.8. The highest BCUT2D eigenvalue weighted by Gasteiger charge is 2.37. The maximum Gasteiger partial charge on any atom is 0.124 e. The first-order valence-electron chi connectivity index (χ1n) is 7.58. The summed E-state index contributed by atoms with van der Waals surface area (Å²) in [6, 6.07) is 6.03. The number of benzene rings is 1. The molecule has 0 saturated heterocycles. The molecule has 0 radical (unpaired) electrons. The van der Waals surface area contributed by atoms with Crippen LogP contribution in [0.1, 0.15) is 38.7 Å². The van der Waals surface area contributed by atoms with Crippen LogP contribution in [-0.4, -0.2) is 39.3 Å². The molecule has 21 heavy (non-hydrogen) atoms. The number of methoxy groups -OCH3 is 2. The fourth-order valence-electron chi connectivity index (χ4n) is 2.68. The Kier molecular flexibility index (Phi) is 6.49. The van der Waals surface area contributed by atoms with Crippen LogP contribution in [0.15, 0.2) is 18.2 Å². The van der Waals surface area contributed by atoms with Gasteiger partial charge in [-0.05, 0) is 45.6 Å². The lowest BCUT2D eigenvalue weighted by Crippen LogP contribution is -2.52. The molecule has 2 N–H and O–H groups in total. The van der Waals surface area contributed by atoms with Crippen LogP contribution in [0.4, 0.5) is 0 Å². The molecule has 0 aliphatic carbocycles. The third-order valence-electron chi connectivity index (χ3n) is 4.37. The van der Waals surface area contributed by atoms with Gasteiger partial charge in [0, 0.05) is 11.6 Å². The van der Waals surface area contributed by atoms with Gasteiger partial charge in [0.15, 0.2) is 0 Å². The summed E-state index contributed by atoms with van der Waals surface area (Å²) in [5.41, 5.74) is 7.41. The average molecular weight is 294 g/mol. The van der Waals surface area contributed by atoms with Gasteiger partial charge in [-0.15, -0.1) is 0 Å². The van der Waals surface area contributed by atoms with Crippen molar-refractivity contribution in [3.63, 3.8) is 0 Å². The van der Waals surface area contributed by atoms with Crippen molar-refractivity contribution in [2.24, 2.45) is 5.73 Å². The Labute approximate surface area is 129 Å². The van der Waals surface area contributed by atoms with Gasteiger partial charge in [0.25, 0.3) is 0 Å². The number of likely N-dealkylation sites (N-methyl/N-ethyl adjacent to an activating group) is 1. The molecule has 0 aromatic heterocycles. The monoisotopic (exact) mass is 294 g/mol. The van der Waals surface area contributed by atoms with Crippen LogP contribution in [0.25, 0.3) is 0 Å². The van der Waals surface area contributed by atoms with Gasteiger partial charge in [0.1, 0.15) is 11.5 Å². The van der Waals surface area contributed by atoms with E-state index in [0.29, 0.717) is 0 Å². The van der Waals surface area contributed by atoms with Crippen LogP contribution in [0.2, 0.25) is 0 Å². The Morgan fingerprint density at radius 1 is 1.24 bits per heavy atom. The smallest absolute Gasteiger partial charge is 0.124 e. The van der Waals surface area contributed by atoms with Crippen LogP contribution in [0.3, 0.4) is 0 Å². The van der Waals surface area contributed by atoms with Crippen molar-refractivity contribution < 1.29 is 9.47 Å². The van der Waals surface area contributed by atoms with E-state index in [2.05, 4.69) is 32.8 Å². The van der Waals surface area contributed by atoms with Crippen molar-refractivity contribution in [2.75, 3.05) is 28.3 Å². The summed E-state index contributed by atoms with van der Waals surface area (Å²) in [4.78, 5) is 2.16. The van der Waals surface area contributed by atoms with Crippen molar-refractivity contribution in [3.05, 3.63) is 23.8 Å². The number of nitrogens with two attached hydrogens (primary N) is 1. The number of hydrogen-bond acceptors (Lipinski definition) is 4. The van der Waals surface area contributed by atoms with Gasteiger partial charge in [-0.25, -0.2) is 0 Å². The topological polar surface area (TPSA) is 47.7 Å². The SMILES string of the molecule is CCCCC(N)(c1cc(OC)ccc1OC)C(C)N(C)C. The summed E-state index contributed by atoms with van der Waals surface area (Å²) in [5, 5.41) is 0. The highest BCUT2D eigenvalue weighted by Crippen LogP contribution is 2.38. The molecule has 0 bridgehead atoms. The average Bonchev–Trinajstić information content (AvgIpc) is 2.50. The van der Waals surface area contributed by atoms with Gasteiger partial charge >= 0.3 is 0 Å². The Hall–Kier alpha value is -1.26. The Bertz CT molecular complexity index is 448. The zero-order valence-electron chi connectivity index (χ0n) is 14.3. The summed E-state index contributed by atoms with van der Waals surface area (Å²) in [7, 11) is 7.48. The molecule has 120 valence electrons. The van der Waals surface area contributed by atoms with E-state index in [1.807, 2.05) is 18.2 Å². The van der Waals surface area contributed by atoms with Gasteiger partial charge in [-0.2, -0.15) is 0 Å². The van der Waals surface area contributed by atoms with Crippen molar-refractivity contribution in [1.29, 1.82) is 0 Å². The highest BCUT2D eigenvalue weighted by molar-refractivity contribution is 5.45. The van der Waals surface area contributed by atoms with E-state index in [-0.39, 0.29) is 6.04 Å². The van der Waals surface area contributed by atoms with Crippen LogP contribution in [-0.2, 0) is 5.54 Å². The van der Waals surface area contributed by atoms with Gasteiger partial charge in [-0.3, -0.25) is 0 Å². The second-order valence-corrected chi connectivity index (χ2v) is 5.85. The standard InChI is InChI=1S/C17H30N2O2/c1-7-8-11-17(18,13(2)19(3)4)15-12-14(20-5)9-10-16(15)21-6/h9-10,12-13H,7-8,11,18H2,1-6H3. The van der Waals surface area contributed by atoms with Crippen molar-refractivity contribution >= 4 is 0 Å². The summed E-state index contributed by atoms with van der Waals surface area (Å²) >= 11 is 0. The molecule has 0 spiro atoms. The molecule has 2 unspecified atom stereocenters. The van der Waals surface area contributed by atoms with E-state index < -0.39 is 5.54 Å². The Balaban J connectivity index is 3.36. The van der Waals surface area contributed by atoms with E-state index >= 15 is 0 Å². The lowest BCUT2D eigenvalue weighted by Gasteiger charge is -2.40. The molecule has 0 saturated carbocycles. The molecule has 0 amide bonds. The molecule has 1 rings (SSSR count). The summed E-state index contributed by atoms with van der Waals surface area (Å²) < 4.78 is 10.9. The molecule has 4 heteroatoms. The summed E-state index contributed by atoms with van der Waals surface area (Å²) in [6.07, 6.45) is 3.10. The predicted molar refractivity (Wildman–Crippen MR) is 88.1 cm³/mol. The van der Waals surface area contributed by atoms with Gasteiger partial charge < -0.3 is 20.1 Å². The first-order valence-corrected chi connectivity index (χ1v) is 7.58. The van der Waals surface area contributed by atoms with Gasteiger partial charge in [0.2, 0.25) is 0 Å². The van der Waals surface area contributed by atoms with Gasteiger partial charge in [0.05, 0.1) is 19.8 Å². The number of unbranched alkanes of at least 4 members (excludes halogenated alkanes) is 1. The number of nitrogens with zero attached hydrogens (tertiary/aromatic N) is 1. The Morgan fingerprint density at radius 3 is 2.38 bits per heavy atom. The molecule has 1 aromatic rings. The lowest BCUT2D eigenvalue weighted by molar-refractivity contribution is 0.175. The minimum Gasteiger partial charge on any atom is -0.497 e. The van der Waals surface area contributed by atoms with E-state index in [9.17, 15) is 0 Å². The lowest BCUT2D eigenvalue weighted by atomic mass is 9.79. The van der Waals surface area contributed by atoms with Crippen LogP contribution >= 0.6 is 0 Å². The zero-order valence-corrected chi connectivity index (χ0v) is 14.3. The summed E-state index contributed by atoms with van der Waals surface area (Å²) in [6.45, 7) is 4.35.